The van der Waals surface area contributed by atoms with Crippen LogP contribution in [0.1, 0.15) is 19.8 Å². The number of carbonyl (C=O) groups excluding carboxylic acids is 2. The highest BCUT2D eigenvalue weighted by atomic mass is 19.1. The minimum atomic E-state index is -1.41. The van der Waals surface area contributed by atoms with Gasteiger partial charge in [0.1, 0.15) is 17.8 Å². The van der Waals surface area contributed by atoms with E-state index >= 15 is 4.39 Å². The summed E-state index contributed by atoms with van der Waals surface area (Å²) in [6, 6.07) is -0.106. The monoisotopic (exact) mass is 537 g/mol. The van der Waals surface area contributed by atoms with E-state index in [0.717, 1.165) is 32.1 Å². The maximum Gasteiger partial charge on any atom is 0.240 e. The van der Waals surface area contributed by atoms with Crippen molar-refractivity contribution in [1.82, 2.24) is 25.0 Å². The molecule has 4 rings (SSSR count). The van der Waals surface area contributed by atoms with Crippen LogP contribution in [0.25, 0.3) is 0 Å². The van der Waals surface area contributed by atoms with Gasteiger partial charge in [-0.1, -0.05) is 12.1 Å². The summed E-state index contributed by atoms with van der Waals surface area (Å²) < 4.78 is 28.9. The summed E-state index contributed by atoms with van der Waals surface area (Å²) in [7, 11) is 1.61. The number of amides is 2. The first-order valence-electron chi connectivity index (χ1n) is 13.1. The first kappa shape index (κ1) is 28.2. The number of pyridine rings is 1. The van der Waals surface area contributed by atoms with E-state index in [2.05, 4.69) is 25.7 Å². The second-order valence-electron chi connectivity index (χ2n) is 10.1. The summed E-state index contributed by atoms with van der Waals surface area (Å²) in [6.07, 6.45) is 0.949. The molecule has 0 aliphatic carbocycles. The molecule has 210 valence electrons. The molecule has 0 radical (unpaired) electrons. The predicted octanol–water partition coefficient (Wildman–Crippen LogP) is 0.159. The lowest BCUT2D eigenvalue weighted by Crippen LogP contribution is -2.62. The lowest BCUT2D eigenvalue weighted by atomic mass is 9.98. The Morgan fingerprint density at radius 1 is 1.26 bits per heavy atom. The van der Waals surface area contributed by atoms with Crippen LogP contribution in [0.2, 0.25) is 0 Å². The molecule has 3 saturated heterocycles. The molecule has 1 aromatic heterocycles. The zero-order chi connectivity index (χ0) is 27.4. The third-order valence-electron chi connectivity index (χ3n) is 7.74. The quantitative estimate of drug-likeness (QED) is 0.396. The number of nitrogens with zero attached hydrogens (tertiary/aromatic N) is 6. The zero-order valence-corrected chi connectivity index (χ0v) is 21.9. The Kier molecular flexibility index (Phi) is 9.18. The number of hydrogen-bond donors (Lipinski definition) is 3. The summed E-state index contributed by atoms with van der Waals surface area (Å²) in [6.45, 7) is 5.44. The van der Waals surface area contributed by atoms with E-state index in [0.29, 0.717) is 26.2 Å². The normalized spacial score (nSPS) is 26.7. The Bertz CT molecular complexity index is 1010. The minimum Gasteiger partial charge on any atom is -0.364 e. The molecule has 3 aliphatic heterocycles. The Balaban J connectivity index is 1.47. The van der Waals surface area contributed by atoms with Crippen molar-refractivity contribution in [3.63, 3.8) is 0 Å². The molecule has 0 saturated carbocycles. The number of likely N-dealkylation sites (N-methyl/N-ethyl adjacent to an activating group) is 1. The van der Waals surface area contributed by atoms with E-state index < -0.39 is 36.1 Å². The molecular formula is C24H37F2N9O3. The standard InChI is InChI=1S/C24H37F2N9O3/c1-3-33-6-4-5-18(33)24(37)35-9-7-34(8-10-35)20-16(26)12-28-13-17(20)30-23(36)19(21(27)31-38)22-29-11-15(25)14-32(22)2/h12-13,15,18-19,21-22,29H,3-11,14,27H2,1-2H3,(H,30,36). The molecule has 4 N–H and O–H groups in total. The van der Waals surface area contributed by atoms with E-state index in [1.807, 2.05) is 11.8 Å². The van der Waals surface area contributed by atoms with Crippen LogP contribution in [0.4, 0.5) is 20.2 Å². The number of piperazine rings is 1. The number of hydrogen-bond acceptors (Lipinski definition) is 10. The second-order valence-corrected chi connectivity index (χ2v) is 10.1. The van der Waals surface area contributed by atoms with Crippen LogP contribution in [0.15, 0.2) is 17.6 Å². The number of nitroso groups, excluding NO2 is 1. The van der Waals surface area contributed by atoms with Gasteiger partial charge in [0.2, 0.25) is 11.8 Å². The molecule has 12 nitrogen and oxygen atoms in total. The number of likely N-dealkylation sites (tertiary alicyclic amines) is 1. The van der Waals surface area contributed by atoms with Crippen molar-refractivity contribution >= 4 is 23.2 Å². The molecule has 0 spiro atoms. The number of nitrogens with one attached hydrogen (secondary N) is 2. The van der Waals surface area contributed by atoms with Crippen molar-refractivity contribution in [3.05, 3.63) is 23.1 Å². The number of anilines is 2. The number of aromatic nitrogens is 1. The molecule has 5 atom stereocenters. The Morgan fingerprint density at radius 2 is 2.00 bits per heavy atom. The van der Waals surface area contributed by atoms with Crippen LogP contribution in [0.3, 0.4) is 0 Å². The highest BCUT2D eigenvalue weighted by molar-refractivity contribution is 5.96. The van der Waals surface area contributed by atoms with E-state index in [-0.39, 0.29) is 36.4 Å². The molecule has 1 aromatic rings. The average Bonchev–Trinajstić information content (AvgIpc) is 3.39. The van der Waals surface area contributed by atoms with Crippen LogP contribution in [-0.2, 0) is 9.59 Å². The number of halogens is 2. The van der Waals surface area contributed by atoms with E-state index in [9.17, 15) is 18.9 Å². The molecule has 5 unspecified atom stereocenters. The maximum atomic E-state index is 15.1. The number of rotatable bonds is 8. The molecular weight excluding hydrogens is 500 g/mol. The smallest absolute Gasteiger partial charge is 0.240 e. The van der Waals surface area contributed by atoms with E-state index in [1.165, 1.54) is 6.20 Å². The van der Waals surface area contributed by atoms with E-state index in [1.54, 1.807) is 16.8 Å². The topological polar surface area (TPSA) is 140 Å². The molecule has 38 heavy (non-hydrogen) atoms. The fourth-order valence-electron chi connectivity index (χ4n) is 5.75. The number of alkyl halides is 1. The molecule has 3 aliphatic rings. The SMILES string of the molecule is CCN1CCCC1C(=O)N1CCN(c2c(F)cncc2NC(=O)C(C(N)N=O)C2NCC(F)CN2C)CC1. The molecule has 2 amide bonds. The van der Waals surface area contributed by atoms with Gasteiger partial charge in [-0.3, -0.25) is 29.7 Å². The van der Waals surface area contributed by atoms with Crippen molar-refractivity contribution in [3.8, 4) is 0 Å². The van der Waals surface area contributed by atoms with Gasteiger partial charge < -0.3 is 20.9 Å². The Labute approximate surface area is 220 Å². The number of carbonyl (C=O) groups is 2. The Hall–Kier alpha value is -2.81. The second kappa shape index (κ2) is 12.4. The molecule has 14 heteroatoms. The summed E-state index contributed by atoms with van der Waals surface area (Å²) >= 11 is 0. The van der Waals surface area contributed by atoms with E-state index in [4.69, 9.17) is 5.73 Å². The van der Waals surface area contributed by atoms with Crippen LogP contribution in [0, 0.1) is 16.6 Å². The average molecular weight is 538 g/mol. The van der Waals surface area contributed by atoms with Gasteiger partial charge in [-0.15, -0.1) is 4.91 Å². The lowest BCUT2D eigenvalue weighted by molar-refractivity contribution is -0.136. The largest absolute Gasteiger partial charge is 0.364 e. The zero-order valence-electron chi connectivity index (χ0n) is 21.9. The highest BCUT2D eigenvalue weighted by Gasteiger charge is 2.41. The fraction of sp³-hybridized carbons (Fsp3) is 0.708. The van der Waals surface area contributed by atoms with Crippen LogP contribution < -0.4 is 21.3 Å². The fourth-order valence-corrected chi connectivity index (χ4v) is 5.75. The van der Waals surface area contributed by atoms with Crippen molar-refractivity contribution in [1.29, 1.82) is 0 Å². The van der Waals surface area contributed by atoms with Crippen molar-refractivity contribution in [2.24, 2.45) is 16.8 Å². The first-order valence-corrected chi connectivity index (χ1v) is 13.1. The van der Waals surface area contributed by atoms with Gasteiger partial charge in [0.25, 0.3) is 0 Å². The highest BCUT2D eigenvalue weighted by Crippen LogP contribution is 2.31. The minimum absolute atomic E-state index is 0.00297. The first-order chi connectivity index (χ1) is 18.2. The van der Waals surface area contributed by atoms with Gasteiger partial charge in [-0.25, -0.2) is 8.78 Å². The van der Waals surface area contributed by atoms with Gasteiger partial charge in [-0.2, -0.15) is 0 Å². The predicted molar refractivity (Wildman–Crippen MR) is 138 cm³/mol. The van der Waals surface area contributed by atoms with Crippen molar-refractivity contribution < 1.29 is 18.4 Å². The van der Waals surface area contributed by atoms with Gasteiger partial charge in [0, 0.05) is 39.3 Å². The van der Waals surface area contributed by atoms with Gasteiger partial charge in [-0.05, 0) is 33.0 Å². The summed E-state index contributed by atoms with van der Waals surface area (Å²) in [5.41, 5.74) is 6.15. The number of nitrogens with two attached hydrogens (primary N) is 1. The Morgan fingerprint density at radius 3 is 2.66 bits per heavy atom. The lowest BCUT2D eigenvalue weighted by Gasteiger charge is -2.40. The third-order valence-corrected chi connectivity index (χ3v) is 7.74. The summed E-state index contributed by atoms with van der Waals surface area (Å²) in [5.74, 6) is -2.35. The molecule has 0 bridgehead atoms. The molecule has 3 fully saturated rings. The summed E-state index contributed by atoms with van der Waals surface area (Å²) in [5, 5.41) is 8.43. The third kappa shape index (κ3) is 5.92. The van der Waals surface area contributed by atoms with Crippen LogP contribution in [0.5, 0.6) is 0 Å². The van der Waals surface area contributed by atoms with Crippen LogP contribution in [-0.4, -0.2) is 115 Å². The van der Waals surface area contributed by atoms with Crippen LogP contribution >= 0.6 is 0 Å². The molecule has 4 heterocycles. The molecule has 0 aromatic carbocycles. The van der Waals surface area contributed by atoms with Crippen molar-refractivity contribution in [2.45, 2.75) is 44.3 Å². The van der Waals surface area contributed by atoms with Gasteiger partial charge >= 0.3 is 0 Å². The maximum absolute atomic E-state index is 15.1. The van der Waals surface area contributed by atoms with Gasteiger partial charge in [0.05, 0.1) is 30.3 Å². The summed E-state index contributed by atoms with van der Waals surface area (Å²) in [4.78, 5) is 49.0. The van der Waals surface area contributed by atoms with Crippen molar-refractivity contribution in [2.75, 3.05) is 69.6 Å². The van der Waals surface area contributed by atoms with Gasteiger partial charge in [0.15, 0.2) is 12.0 Å².